The van der Waals surface area contributed by atoms with Crippen molar-refractivity contribution in [1.29, 1.82) is 0 Å². The third kappa shape index (κ3) is 6.03. The lowest BCUT2D eigenvalue weighted by Crippen LogP contribution is -2.47. The first-order chi connectivity index (χ1) is 12.3. The van der Waals surface area contributed by atoms with Crippen LogP contribution in [0.3, 0.4) is 0 Å². The Morgan fingerprint density at radius 1 is 1.12 bits per heavy atom. The zero-order valence-electron chi connectivity index (χ0n) is 16.6. The second-order valence-electron chi connectivity index (χ2n) is 7.91. The molecule has 2 aromatic carbocycles. The molecule has 2 atom stereocenters. The fourth-order valence-electron chi connectivity index (χ4n) is 2.95. The molecule has 0 aromatic heterocycles. The summed E-state index contributed by atoms with van der Waals surface area (Å²) in [7, 11) is 0. The predicted molar refractivity (Wildman–Crippen MR) is 108 cm³/mol. The minimum atomic E-state index is -0.486. The van der Waals surface area contributed by atoms with Crippen LogP contribution in [0.5, 0.6) is 0 Å². The molecular formula is C22H32N2O2. The Kier molecular flexibility index (Phi) is 7.04. The van der Waals surface area contributed by atoms with Crippen molar-refractivity contribution in [3.63, 3.8) is 0 Å². The molecule has 4 nitrogen and oxygen atoms in total. The van der Waals surface area contributed by atoms with Crippen LogP contribution in [0.15, 0.2) is 42.5 Å². The van der Waals surface area contributed by atoms with E-state index in [0.29, 0.717) is 12.5 Å². The van der Waals surface area contributed by atoms with Gasteiger partial charge in [0.05, 0.1) is 0 Å². The molecule has 0 heterocycles. The maximum absolute atomic E-state index is 12.1. The van der Waals surface area contributed by atoms with Crippen LogP contribution in [0.1, 0.15) is 46.6 Å². The third-order valence-corrected chi connectivity index (χ3v) is 4.59. The Balaban J connectivity index is 1.97. The van der Waals surface area contributed by atoms with E-state index >= 15 is 0 Å². The summed E-state index contributed by atoms with van der Waals surface area (Å²) in [5.74, 6) is 0.363. The summed E-state index contributed by atoms with van der Waals surface area (Å²) in [4.78, 5) is 12.1. The maximum Gasteiger partial charge on any atom is 0.407 e. The van der Waals surface area contributed by atoms with E-state index in [2.05, 4.69) is 66.9 Å². The van der Waals surface area contributed by atoms with Gasteiger partial charge in [-0.1, -0.05) is 62.7 Å². The lowest BCUT2D eigenvalue weighted by molar-refractivity contribution is 0.0487. The zero-order chi connectivity index (χ0) is 19.2. The summed E-state index contributed by atoms with van der Waals surface area (Å²) in [5, 5.41) is 9.04. The van der Waals surface area contributed by atoms with E-state index in [1.165, 1.54) is 16.3 Å². The highest BCUT2D eigenvalue weighted by atomic mass is 16.6. The van der Waals surface area contributed by atoms with Gasteiger partial charge in [0.15, 0.2) is 0 Å². The number of ether oxygens (including phenoxy) is 1. The highest BCUT2D eigenvalue weighted by molar-refractivity contribution is 5.85. The van der Waals surface area contributed by atoms with Gasteiger partial charge in [0.2, 0.25) is 0 Å². The lowest BCUT2D eigenvalue weighted by Gasteiger charge is -2.27. The van der Waals surface area contributed by atoms with Gasteiger partial charge < -0.3 is 15.4 Å². The highest BCUT2D eigenvalue weighted by Gasteiger charge is 2.22. The Morgan fingerprint density at radius 3 is 2.50 bits per heavy atom. The van der Waals surface area contributed by atoms with Crippen molar-refractivity contribution < 1.29 is 9.53 Å². The molecule has 2 aromatic rings. The van der Waals surface area contributed by atoms with Crippen molar-refractivity contribution in [2.75, 3.05) is 6.54 Å². The van der Waals surface area contributed by atoms with Crippen LogP contribution < -0.4 is 10.6 Å². The van der Waals surface area contributed by atoms with E-state index in [4.69, 9.17) is 4.74 Å². The van der Waals surface area contributed by atoms with Gasteiger partial charge >= 0.3 is 6.09 Å². The fourth-order valence-corrected chi connectivity index (χ4v) is 2.95. The van der Waals surface area contributed by atoms with E-state index in [1.807, 2.05) is 20.8 Å². The first kappa shape index (κ1) is 20.2. The predicted octanol–water partition coefficient (Wildman–Crippen LogP) is 4.87. The molecule has 4 heteroatoms. The summed E-state index contributed by atoms with van der Waals surface area (Å²) in [6, 6.07) is 14.8. The van der Waals surface area contributed by atoms with E-state index in [9.17, 15) is 4.79 Å². The standard InChI is InChI=1S/C22H32N2O2/c1-6-16(2)20(24-21(25)26-22(3,4)5)15-23-14-18-12-9-11-17-10-7-8-13-19(17)18/h7-13,16,20,23H,6,14-15H2,1-5H3,(H,24,25). The molecule has 0 bridgehead atoms. The van der Waals surface area contributed by atoms with Crippen molar-refractivity contribution >= 4 is 16.9 Å². The monoisotopic (exact) mass is 356 g/mol. The molecule has 0 saturated carbocycles. The Bertz CT molecular complexity index is 716. The van der Waals surface area contributed by atoms with Gasteiger partial charge in [-0.3, -0.25) is 0 Å². The first-order valence-corrected chi connectivity index (χ1v) is 9.47. The van der Waals surface area contributed by atoms with Gasteiger partial charge in [-0.25, -0.2) is 4.79 Å². The Morgan fingerprint density at radius 2 is 1.81 bits per heavy atom. The average Bonchev–Trinajstić information content (AvgIpc) is 2.58. The molecule has 0 aliphatic carbocycles. The number of carbonyl (C=O) groups is 1. The van der Waals surface area contributed by atoms with Crippen LogP contribution in [-0.2, 0) is 11.3 Å². The molecule has 2 rings (SSSR count). The van der Waals surface area contributed by atoms with Gasteiger partial charge in [-0.2, -0.15) is 0 Å². The van der Waals surface area contributed by atoms with Crippen molar-refractivity contribution in [1.82, 2.24) is 10.6 Å². The second-order valence-corrected chi connectivity index (χ2v) is 7.91. The van der Waals surface area contributed by atoms with Gasteiger partial charge in [-0.05, 0) is 43.0 Å². The number of fused-ring (bicyclic) bond motifs is 1. The topological polar surface area (TPSA) is 50.4 Å². The van der Waals surface area contributed by atoms with E-state index in [0.717, 1.165) is 13.0 Å². The molecule has 142 valence electrons. The molecule has 0 spiro atoms. The molecule has 0 aliphatic heterocycles. The maximum atomic E-state index is 12.1. The van der Waals surface area contributed by atoms with E-state index < -0.39 is 5.60 Å². The normalized spacial score (nSPS) is 14.0. The van der Waals surface area contributed by atoms with E-state index in [-0.39, 0.29) is 12.1 Å². The second kappa shape index (κ2) is 9.04. The summed E-state index contributed by atoms with van der Waals surface area (Å²) in [5.41, 5.74) is 0.781. The van der Waals surface area contributed by atoms with Gasteiger partial charge in [-0.15, -0.1) is 0 Å². The van der Waals surface area contributed by atoms with Crippen LogP contribution in [0.2, 0.25) is 0 Å². The van der Waals surface area contributed by atoms with Crippen LogP contribution in [-0.4, -0.2) is 24.3 Å². The number of alkyl carbamates (subject to hydrolysis) is 1. The molecule has 0 saturated heterocycles. The molecule has 0 aliphatic rings. The summed E-state index contributed by atoms with van der Waals surface area (Å²) in [6.07, 6.45) is 0.644. The highest BCUT2D eigenvalue weighted by Crippen LogP contribution is 2.18. The molecule has 1 amide bonds. The molecular weight excluding hydrogens is 324 g/mol. The van der Waals surface area contributed by atoms with Gasteiger partial charge in [0, 0.05) is 19.1 Å². The smallest absolute Gasteiger partial charge is 0.407 e. The average molecular weight is 357 g/mol. The SMILES string of the molecule is CCC(C)C(CNCc1cccc2ccccc12)NC(=O)OC(C)(C)C. The fraction of sp³-hybridized carbons (Fsp3) is 0.500. The zero-order valence-corrected chi connectivity index (χ0v) is 16.6. The van der Waals surface area contributed by atoms with Crippen LogP contribution in [0, 0.1) is 5.92 Å². The van der Waals surface area contributed by atoms with Crippen LogP contribution in [0.25, 0.3) is 10.8 Å². The molecule has 0 radical (unpaired) electrons. The minimum Gasteiger partial charge on any atom is -0.444 e. The number of rotatable bonds is 7. The summed E-state index contributed by atoms with van der Waals surface area (Å²) >= 11 is 0. The van der Waals surface area contributed by atoms with Gasteiger partial charge in [0.25, 0.3) is 0 Å². The number of hydrogen-bond acceptors (Lipinski definition) is 3. The van der Waals surface area contributed by atoms with Crippen molar-refractivity contribution in [3.05, 3.63) is 48.0 Å². The summed E-state index contributed by atoms with van der Waals surface area (Å²) < 4.78 is 5.41. The number of amides is 1. The van der Waals surface area contributed by atoms with Crippen molar-refractivity contribution in [2.45, 2.75) is 59.2 Å². The van der Waals surface area contributed by atoms with Gasteiger partial charge in [0.1, 0.15) is 5.60 Å². The van der Waals surface area contributed by atoms with Crippen LogP contribution in [0.4, 0.5) is 4.79 Å². The van der Waals surface area contributed by atoms with Crippen molar-refractivity contribution in [3.8, 4) is 0 Å². The largest absolute Gasteiger partial charge is 0.444 e. The number of hydrogen-bond donors (Lipinski definition) is 2. The molecule has 2 unspecified atom stereocenters. The van der Waals surface area contributed by atoms with Crippen molar-refractivity contribution in [2.24, 2.45) is 5.92 Å². The number of nitrogens with one attached hydrogen (secondary N) is 2. The Labute approximate surface area is 157 Å². The number of benzene rings is 2. The quantitative estimate of drug-likeness (QED) is 0.744. The molecule has 0 fully saturated rings. The van der Waals surface area contributed by atoms with E-state index in [1.54, 1.807) is 0 Å². The first-order valence-electron chi connectivity index (χ1n) is 9.47. The lowest BCUT2D eigenvalue weighted by atomic mass is 9.99. The third-order valence-electron chi connectivity index (χ3n) is 4.59. The van der Waals surface area contributed by atoms with Crippen LogP contribution >= 0.6 is 0 Å². The number of carbonyl (C=O) groups excluding carboxylic acids is 1. The molecule has 2 N–H and O–H groups in total. The molecule has 26 heavy (non-hydrogen) atoms. The minimum absolute atomic E-state index is 0.0322. The Hall–Kier alpha value is -2.07. The summed E-state index contributed by atoms with van der Waals surface area (Å²) in [6.45, 7) is 11.4.